The minimum atomic E-state index is -4.46. The SMILES string of the molecule is N#Cc1c(-c2ccc(C(F)(F)F)cc2)cc(-c2ccc3c(ccc4ccccc43)c2)nc1OCCCCO. The van der Waals surface area contributed by atoms with Crippen LogP contribution in [0.1, 0.15) is 24.0 Å². The zero-order valence-corrected chi connectivity index (χ0v) is 20.3. The molecule has 0 aliphatic rings. The molecule has 0 aliphatic heterocycles. The van der Waals surface area contributed by atoms with E-state index in [0.717, 1.165) is 39.2 Å². The first-order chi connectivity index (χ1) is 18.4. The van der Waals surface area contributed by atoms with Crippen molar-refractivity contribution in [3.05, 3.63) is 96.1 Å². The Labute approximate surface area is 217 Å². The molecule has 0 amide bonds. The number of aromatic nitrogens is 1. The number of pyridine rings is 1. The molecule has 0 aliphatic carbocycles. The number of unbranched alkanes of at least 4 members (excludes halogenated alkanes) is 1. The summed E-state index contributed by atoms with van der Waals surface area (Å²) in [5, 5.41) is 23.4. The molecular weight excluding hydrogens is 489 g/mol. The molecule has 1 N–H and O–H groups in total. The minimum Gasteiger partial charge on any atom is -0.477 e. The quantitative estimate of drug-likeness (QED) is 0.179. The second kappa shape index (κ2) is 10.5. The second-order valence-electron chi connectivity index (χ2n) is 8.92. The molecule has 0 atom stereocenters. The topological polar surface area (TPSA) is 66.1 Å². The van der Waals surface area contributed by atoms with Crippen molar-refractivity contribution >= 4 is 21.5 Å². The van der Waals surface area contributed by atoms with Crippen molar-refractivity contribution in [1.82, 2.24) is 4.98 Å². The predicted octanol–water partition coefficient (Wildman–Crippen LogP) is 7.76. The van der Waals surface area contributed by atoms with Crippen molar-refractivity contribution in [3.8, 4) is 34.3 Å². The molecule has 0 bridgehead atoms. The van der Waals surface area contributed by atoms with E-state index in [1.165, 1.54) is 12.1 Å². The highest BCUT2D eigenvalue weighted by Crippen LogP contribution is 2.37. The molecule has 5 aromatic rings. The van der Waals surface area contributed by atoms with E-state index in [2.05, 4.69) is 29.3 Å². The van der Waals surface area contributed by atoms with Gasteiger partial charge >= 0.3 is 6.18 Å². The van der Waals surface area contributed by atoms with Gasteiger partial charge in [0.05, 0.1) is 17.9 Å². The summed E-state index contributed by atoms with van der Waals surface area (Å²) < 4.78 is 45.3. The first kappa shape index (κ1) is 25.2. The van der Waals surface area contributed by atoms with Gasteiger partial charge in [-0.3, -0.25) is 0 Å². The highest BCUT2D eigenvalue weighted by molar-refractivity contribution is 6.08. The molecule has 0 fully saturated rings. The van der Waals surface area contributed by atoms with Crippen molar-refractivity contribution in [1.29, 1.82) is 5.26 Å². The molecule has 4 aromatic carbocycles. The smallest absolute Gasteiger partial charge is 0.416 e. The molecule has 1 heterocycles. The van der Waals surface area contributed by atoms with Crippen LogP contribution in [0.4, 0.5) is 13.2 Å². The number of aliphatic hydroxyl groups is 1. The lowest BCUT2D eigenvalue weighted by atomic mass is 9.96. The Kier molecular flexibility index (Phi) is 6.99. The summed E-state index contributed by atoms with van der Waals surface area (Å²) in [6.45, 7) is 0.256. The van der Waals surface area contributed by atoms with Gasteiger partial charge in [0.15, 0.2) is 0 Å². The van der Waals surface area contributed by atoms with Crippen molar-refractivity contribution in [2.24, 2.45) is 0 Å². The number of rotatable bonds is 7. The number of alkyl halides is 3. The van der Waals surface area contributed by atoms with E-state index in [-0.39, 0.29) is 24.7 Å². The predicted molar refractivity (Wildman–Crippen MR) is 142 cm³/mol. The minimum absolute atomic E-state index is 0.0184. The maximum Gasteiger partial charge on any atom is 0.416 e. The van der Waals surface area contributed by atoms with Crippen LogP contribution in [-0.2, 0) is 6.18 Å². The van der Waals surface area contributed by atoms with Crippen molar-refractivity contribution in [2.45, 2.75) is 19.0 Å². The third kappa shape index (κ3) is 5.04. The number of benzene rings is 4. The largest absolute Gasteiger partial charge is 0.477 e. The summed E-state index contributed by atoms with van der Waals surface area (Å²) in [5.41, 5.74) is 1.57. The van der Waals surface area contributed by atoms with Crippen molar-refractivity contribution < 1.29 is 23.0 Å². The fraction of sp³-hybridized carbons (Fsp3) is 0.161. The Balaban J connectivity index is 1.64. The number of hydrogen-bond donors (Lipinski definition) is 1. The monoisotopic (exact) mass is 512 g/mol. The third-order valence-electron chi connectivity index (χ3n) is 6.45. The van der Waals surface area contributed by atoms with E-state index in [1.807, 2.05) is 36.4 Å². The Bertz CT molecular complexity index is 1660. The van der Waals surface area contributed by atoms with Gasteiger partial charge in [-0.15, -0.1) is 0 Å². The number of nitrogens with zero attached hydrogens (tertiary/aromatic N) is 2. The number of nitriles is 1. The van der Waals surface area contributed by atoms with E-state index in [9.17, 15) is 18.4 Å². The van der Waals surface area contributed by atoms with Gasteiger partial charge in [-0.2, -0.15) is 18.4 Å². The maximum atomic E-state index is 13.1. The highest BCUT2D eigenvalue weighted by Gasteiger charge is 2.30. The van der Waals surface area contributed by atoms with Gasteiger partial charge in [-0.05, 0) is 64.2 Å². The molecule has 0 saturated carbocycles. The summed E-state index contributed by atoms with van der Waals surface area (Å²) in [5.74, 6) is 0.108. The zero-order chi connectivity index (χ0) is 26.7. The maximum absolute atomic E-state index is 13.1. The molecule has 0 unspecified atom stereocenters. The highest BCUT2D eigenvalue weighted by atomic mass is 19.4. The van der Waals surface area contributed by atoms with E-state index < -0.39 is 11.7 Å². The Morgan fingerprint density at radius 1 is 0.816 bits per heavy atom. The summed E-state index contributed by atoms with van der Waals surface area (Å²) >= 11 is 0. The molecule has 7 heteroatoms. The van der Waals surface area contributed by atoms with Gasteiger partial charge in [0, 0.05) is 17.7 Å². The molecule has 0 saturated heterocycles. The molecule has 38 heavy (non-hydrogen) atoms. The van der Waals surface area contributed by atoms with E-state index in [0.29, 0.717) is 29.7 Å². The summed E-state index contributed by atoms with van der Waals surface area (Å²) in [6, 6.07) is 26.7. The van der Waals surface area contributed by atoms with Crippen LogP contribution in [0.2, 0.25) is 0 Å². The standard InChI is InChI=1S/C31H23F3N2O2/c32-31(33,34)24-12-9-21(10-13-24)27-18-29(36-30(28(27)19-35)38-16-4-3-15-37)23-11-14-26-22(17-23)8-7-20-5-1-2-6-25(20)26/h1-2,5-14,17-18,37H,3-4,15-16H2. The van der Waals surface area contributed by atoms with Gasteiger partial charge in [0.2, 0.25) is 5.88 Å². The fourth-order valence-electron chi connectivity index (χ4n) is 4.50. The number of fused-ring (bicyclic) bond motifs is 3. The summed E-state index contributed by atoms with van der Waals surface area (Å²) in [6.07, 6.45) is -3.37. The van der Waals surface area contributed by atoms with Gasteiger partial charge < -0.3 is 9.84 Å². The summed E-state index contributed by atoms with van der Waals surface area (Å²) in [7, 11) is 0. The molecule has 0 spiro atoms. The van der Waals surface area contributed by atoms with Crippen LogP contribution in [0.3, 0.4) is 0 Å². The lowest BCUT2D eigenvalue weighted by Crippen LogP contribution is -2.05. The van der Waals surface area contributed by atoms with Crippen LogP contribution in [-0.4, -0.2) is 23.3 Å². The average molecular weight is 513 g/mol. The lowest BCUT2D eigenvalue weighted by molar-refractivity contribution is -0.137. The van der Waals surface area contributed by atoms with Crippen molar-refractivity contribution in [3.63, 3.8) is 0 Å². The van der Waals surface area contributed by atoms with Gasteiger partial charge in [0.25, 0.3) is 0 Å². The van der Waals surface area contributed by atoms with Crippen LogP contribution in [0.15, 0.2) is 84.9 Å². The van der Waals surface area contributed by atoms with Gasteiger partial charge in [-0.25, -0.2) is 4.98 Å². The number of aliphatic hydroxyl groups excluding tert-OH is 1. The molecule has 190 valence electrons. The summed E-state index contributed by atoms with van der Waals surface area (Å²) in [4.78, 5) is 4.64. The third-order valence-corrected chi connectivity index (χ3v) is 6.45. The molecular formula is C31H23F3N2O2. The Morgan fingerprint density at radius 2 is 1.53 bits per heavy atom. The van der Waals surface area contributed by atoms with E-state index >= 15 is 0 Å². The fourth-order valence-corrected chi connectivity index (χ4v) is 4.50. The molecule has 5 rings (SSSR count). The van der Waals surface area contributed by atoms with Gasteiger partial charge in [0.1, 0.15) is 11.6 Å². The molecule has 0 radical (unpaired) electrons. The second-order valence-corrected chi connectivity index (χ2v) is 8.92. The first-order valence-electron chi connectivity index (χ1n) is 12.2. The van der Waals surface area contributed by atoms with Crippen LogP contribution >= 0.6 is 0 Å². The first-order valence-corrected chi connectivity index (χ1v) is 12.2. The number of ether oxygens (including phenoxy) is 1. The Hall–Kier alpha value is -4.41. The van der Waals surface area contributed by atoms with Gasteiger partial charge in [-0.1, -0.05) is 60.7 Å². The molecule has 1 aromatic heterocycles. The number of halogens is 3. The van der Waals surface area contributed by atoms with Crippen LogP contribution in [0.5, 0.6) is 5.88 Å². The van der Waals surface area contributed by atoms with Crippen LogP contribution < -0.4 is 4.74 Å². The lowest BCUT2D eigenvalue weighted by Gasteiger charge is -2.15. The van der Waals surface area contributed by atoms with E-state index in [4.69, 9.17) is 9.84 Å². The van der Waals surface area contributed by atoms with Crippen LogP contribution in [0, 0.1) is 11.3 Å². The zero-order valence-electron chi connectivity index (χ0n) is 20.3. The normalized spacial score (nSPS) is 11.6. The van der Waals surface area contributed by atoms with E-state index in [1.54, 1.807) is 6.07 Å². The molecule has 4 nitrogen and oxygen atoms in total. The average Bonchev–Trinajstić information content (AvgIpc) is 2.94. The van der Waals surface area contributed by atoms with Crippen LogP contribution in [0.25, 0.3) is 43.9 Å². The number of hydrogen-bond acceptors (Lipinski definition) is 4. The van der Waals surface area contributed by atoms with Crippen molar-refractivity contribution in [2.75, 3.05) is 13.2 Å². The Morgan fingerprint density at radius 3 is 2.26 bits per heavy atom.